The standard InChI is InChI=1S/C14H12ClF2NS/c1-18-8-9-2-4-11(7-12(9)15)19-14-6-10(16)3-5-13(14)17/h2-7,18H,8H2,1H3. The van der Waals surface area contributed by atoms with Crippen molar-refractivity contribution in [2.75, 3.05) is 7.05 Å². The van der Waals surface area contributed by atoms with Gasteiger partial charge < -0.3 is 5.32 Å². The Morgan fingerprint density at radius 3 is 2.63 bits per heavy atom. The predicted octanol–water partition coefficient (Wildman–Crippen LogP) is 4.49. The second kappa shape index (κ2) is 6.37. The van der Waals surface area contributed by atoms with Crippen molar-refractivity contribution in [3.8, 4) is 0 Å². The molecule has 1 nitrogen and oxygen atoms in total. The van der Waals surface area contributed by atoms with E-state index >= 15 is 0 Å². The van der Waals surface area contributed by atoms with E-state index in [-0.39, 0.29) is 4.90 Å². The van der Waals surface area contributed by atoms with Gasteiger partial charge in [0.05, 0.1) is 4.90 Å². The van der Waals surface area contributed by atoms with E-state index in [9.17, 15) is 8.78 Å². The zero-order chi connectivity index (χ0) is 13.8. The van der Waals surface area contributed by atoms with Gasteiger partial charge >= 0.3 is 0 Å². The molecule has 100 valence electrons. The van der Waals surface area contributed by atoms with Crippen LogP contribution >= 0.6 is 23.4 Å². The average Bonchev–Trinajstić information content (AvgIpc) is 2.37. The molecule has 0 aliphatic heterocycles. The molecule has 2 rings (SSSR count). The van der Waals surface area contributed by atoms with Crippen LogP contribution in [0.15, 0.2) is 46.2 Å². The second-order valence-electron chi connectivity index (χ2n) is 3.96. The molecule has 2 aromatic carbocycles. The van der Waals surface area contributed by atoms with Gasteiger partial charge in [0.2, 0.25) is 0 Å². The highest BCUT2D eigenvalue weighted by atomic mass is 35.5. The smallest absolute Gasteiger partial charge is 0.137 e. The van der Waals surface area contributed by atoms with Crippen LogP contribution in [0.1, 0.15) is 5.56 Å². The molecular formula is C14H12ClF2NS. The van der Waals surface area contributed by atoms with Gasteiger partial charge in [-0.3, -0.25) is 0 Å². The van der Waals surface area contributed by atoms with Crippen LogP contribution in [0.3, 0.4) is 0 Å². The van der Waals surface area contributed by atoms with Crippen LogP contribution in [0.25, 0.3) is 0 Å². The van der Waals surface area contributed by atoms with Crippen LogP contribution in [0, 0.1) is 11.6 Å². The maximum Gasteiger partial charge on any atom is 0.137 e. The normalized spacial score (nSPS) is 10.7. The Kier molecular flexibility index (Phi) is 4.80. The van der Waals surface area contributed by atoms with Crippen molar-refractivity contribution in [2.45, 2.75) is 16.3 Å². The molecular weight excluding hydrogens is 288 g/mol. The number of rotatable bonds is 4. The molecule has 0 atom stereocenters. The molecule has 0 radical (unpaired) electrons. The first-order valence-electron chi connectivity index (χ1n) is 5.66. The molecule has 2 aromatic rings. The number of nitrogens with one attached hydrogen (secondary N) is 1. The maximum atomic E-state index is 13.5. The summed E-state index contributed by atoms with van der Waals surface area (Å²) in [5.74, 6) is -0.899. The second-order valence-corrected chi connectivity index (χ2v) is 5.48. The third kappa shape index (κ3) is 3.69. The number of benzene rings is 2. The lowest BCUT2D eigenvalue weighted by molar-refractivity contribution is 0.577. The van der Waals surface area contributed by atoms with Gasteiger partial charge in [0.25, 0.3) is 0 Å². The van der Waals surface area contributed by atoms with Crippen molar-refractivity contribution in [1.29, 1.82) is 0 Å². The average molecular weight is 300 g/mol. The van der Waals surface area contributed by atoms with Crippen LogP contribution < -0.4 is 5.32 Å². The fourth-order valence-electron chi connectivity index (χ4n) is 1.61. The Balaban J connectivity index is 2.24. The highest BCUT2D eigenvalue weighted by Crippen LogP contribution is 2.32. The van der Waals surface area contributed by atoms with Crippen LogP contribution in [0.4, 0.5) is 8.78 Å². The van der Waals surface area contributed by atoms with Crippen molar-refractivity contribution in [3.63, 3.8) is 0 Å². The molecule has 0 saturated carbocycles. The molecule has 0 aromatic heterocycles. The summed E-state index contributed by atoms with van der Waals surface area (Å²) in [5, 5.41) is 3.62. The van der Waals surface area contributed by atoms with Gasteiger partial charge in [-0.15, -0.1) is 0 Å². The fraction of sp³-hybridized carbons (Fsp3) is 0.143. The zero-order valence-corrected chi connectivity index (χ0v) is 11.8. The van der Waals surface area contributed by atoms with E-state index in [1.807, 2.05) is 19.2 Å². The first-order chi connectivity index (χ1) is 9.10. The van der Waals surface area contributed by atoms with E-state index in [1.165, 1.54) is 6.07 Å². The molecule has 5 heteroatoms. The summed E-state index contributed by atoms with van der Waals surface area (Å²) in [6, 6.07) is 8.86. The van der Waals surface area contributed by atoms with Crippen LogP contribution in [0.2, 0.25) is 5.02 Å². The van der Waals surface area contributed by atoms with Crippen molar-refractivity contribution in [3.05, 3.63) is 58.6 Å². The molecule has 0 fully saturated rings. The fourth-order valence-corrected chi connectivity index (χ4v) is 2.82. The Labute approximate surface area is 120 Å². The number of hydrogen-bond acceptors (Lipinski definition) is 2. The number of halogens is 3. The summed E-state index contributed by atoms with van der Waals surface area (Å²) in [7, 11) is 1.83. The minimum absolute atomic E-state index is 0.248. The molecule has 0 heterocycles. The predicted molar refractivity (Wildman–Crippen MR) is 74.7 cm³/mol. The van der Waals surface area contributed by atoms with Crippen molar-refractivity contribution in [1.82, 2.24) is 5.32 Å². The minimum atomic E-state index is -0.457. The Morgan fingerprint density at radius 2 is 1.95 bits per heavy atom. The van der Waals surface area contributed by atoms with Gasteiger partial charge in [-0.25, -0.2) is 8.78 Å². The molecule has 0 saturated heterocycles. The minimum Gasteiger partial charge on any atom is -0.316 e. The summed E-state index contributed by atoms with van der Waals surface area (Å²) < 4.78 is 26.6. The SMILES string of the molecule is CNCc1ccc(Sc2cc(F)ccc2F)cc1Cl. The Bertz CT molecular complexity index is 590. The van der Waals surface area contributed by atoms with Crippen molar-refractivity contribution < 1.29 is 8.78 Å². The molecule has 0 bridgehead atoms. The lowest BCUT2D eigenvalue weighted by Crippen LogP contribution is -2.05. The molecule has 19 heavy (non-hydrogen) atoms. The third-order valence-corrected chi connectivity index (χ3v) is 3.89. The van der Waals surface area contributed by atoms with Gasteiger partial charge in [-0.05, 0) is 42.9 Å². The monoisotopic (exact) mass is 299 g/mol. The molecule has 0 aliphatic carbocycles. The highest BCUT2D eigenvalue weighted by Gasteiger charge is 2.08. The van der Waals surface area contributed by atoms with Gasteiger partial charge in [-0.2, -0.15) is 0 Å². The van der Waals surface area contributed by atoms with E-state index in [2.05, 4.69) is 5.32 Å². The Morgan fingerprint density at radius 1 is 1.16 bits per heavy atom. The highest BCUT2D eigenvalue weighted by molar-refractivity contribution is 7.99. The van der Waals surface area contributed by atoms with Crippen LogP contribution in [-0.4, -0.2) is 7.05 Å². The maximum absolute atomic E-state index is 13.5. The van der Waals surface area contributed by atoms with E-state index < -0.39 is 11.6 Å². The third-order valence-electron chi connectivity index (χ3n) is 2.51. The summed E-state index contributed by atoms with van der Waals surface area (Å²) in [4.78, 5) is 1.02. The van der Waals surface area contributed by atoms with Gasteiger partial charge in [0.15, 0.2) is 0 Å². The van der Waals surface area contributed by atoms with Crippen molar-refractivity contribution in [2.24, 2.45) is 0 Å². The zero-order valence-electron chi connectivity index (χ0n) is 10.2. The molecule has 0 amide bonds. The quantitative estimate of drug-likeness (QED) is 0.893. The molecule has 0 unspecified atom stereocenters. The van der Waals surface area contributed by atoms with Crippen LogP contribution in [-0.2, 0) is 6.54 Å². The Hall–Kier alpha value is -1.10. The first-order valence-corrected chi connectivity index (χ1v) is 6.85. The van der Waals surface area contributed by atoms with E-state index in [4.69, 9.17) is 11.6 Å². The van der Waals surface area contributed by atoms with E-state index in [0.29, 0.717) is 11.6 Å². The first kappa shape index (κ1) is 14.3. The summed E-state index contributed by atoms with van der Waals surface area (Å²) in [6.07, 6.45) is 0. The lowest BCUT2D eigenvalue weighted by atomic mass is 10.2. The van der Waals surface area contributed by atoms with E-state index in [0.717, 1.165) is 34.4 Å². The van der Waals surface area contributed by atoms with Gasteiger partial charge in [0.1, 0.15) is 11.6 Å². The molecule has 1 N–H and O–H groups in total. The van der Waals surface area contributed by atoms with Gasteiger partial charge in [0, 0.05) is 16.5 Å². The number of hydrogen-bond donors (Lipinski definition) is 1. The van der Waals surface area contributed by atoms with Crippen LogP contribution in [0.5, 0.6) is 0 Å². The van der Waals surface area contributed by atoms with Gasteiger partial charge in [-0.1, -0.05) is 29.4 Å². The topological polar surface area (TPSA) is 12.0 Å². The van der Waals surface area contributed by atoms with E-state index in [1.54, 1.807) is 6.07 Å². The summed E-state index contributed by atoms with van der Waals surface area (Å²) in [5.41, 5.74) is 0.966. The summed E-state index contributed by atoms with van der Waals surface area (Å²) >= 11 is 7.27. The van der Waals surface area contributed by atoms with Crippen molar-refractivity contribution >= 4 is 23.4 Å². The molecule has 0 aliphatic rings. The summed E-state index contributed by atoms with van der Waals surface area (Å²) in [6.45, 7) is 0.665. The largest absolute Gasteiger partial charge is 0.316 e. The molecule has 0 spiro atoms. The lowest BCUT2D eigenvalue weighted by Gasteiger charge is -2.07.